The van der Waals surface area contributed by atoms with E-state index in [0.29, 0.717) is 13.2 Å². The molecule has 0 saturated carbocycles. The maximum atomic E-state index is 11.8. The Morgan fingerprint density at radius 1 is 1.61 bits per heavy atom. The van der Waals surface area contributed by atoms with Crippen molar-refractivity contribution in [3.63, 3.8) is 0 Å². The number of hydrogen-bond acceptors (Lipinski definition) is 4. The summed E-state index contributed by atoms with van der Waals surface area (Å²) in [5.41, 5.74) is 0. The van der Waals surface area contributed by atoms with Gasteiger partial charge in [0.15, 0.2) is 0 Å². The highest BCUT2D eigenvalue weighted by Gasteiger charge is 2.12. The highest BCUT2D eigenvalue weighted by molar-refractivity contribution is 7.09. The molecule has 4 nitrogen and oxygen atoms in total. The van der Waals surface area contributed by atoms with Crippen LogP contribution >= 0.6 is 11.3 Å². The lowest BCUT2D eigenvalue weighted by Gasteiger charge is -2.20. The van der Waals surface area contributed by atoms with Crippen LogP contribution in [0, 0.1) is 0 Å². The molecule has 0 aliphatic carbocycles. The molecule has 1 amide bonds. The van der Waals surface area contributed by atoms with Gasteiger partial charge in [0.2, 0.25) is 5.91 Å². The van der Waals surface area contributed by atoms with Crippen LogP contribution < -0.4 is 5.32 Å². The Labute approximate surface area is 113 Å². The third kappa shape index (κ3) is 5.62. The molecule has 1 aromatic heterocycles. The number of hydrogen-bond donors (Lipinski definition) is 1. The quantitative estimate of drug-likeness (QED) is 0.782. The summed E-state index contributed by atoms with van der Waals surface area (Å²) in [5.74, 6) is 0.0537. The number of carbonyl (C=O) groups excluding carboxylic acids is 1. The molecule has 18 heavy (non-hydrogen) atoms. The molecule has 0 spiro atoms. The van der Waals surface area contributed by atoms with E-state index in [9.17, 15) is 4.79 Å². The van der Waals surface area contributed by atoms with Crippen molar-refractivity contribution in [1.29, 1.82) is 0 Å². The van der Waals surface area contributed by atoms with Crippen LogP contribution in [0.3, 0.4) is 0 Å². The highest BCUT2D eigenvalue weighted by atomic mass is 32.1. The van der Waals surface area contributed by atoms with Gasteiger partial charge in [-0.2, -0.15) is 0 Å². The Kier molecular flexibility index (Phi) is 6.93. The van der Waals surface area contributed by atoms with Crippen LogP contribution in [0.1, 0.15) is 18.7 Å². The Morgan fingerprint density at radius 3 is 2.94 bits per heavy atom. The molecule has 1 heterocycles. The van der Waals surface area contributed by atoms with E-state index in [-0.39, 0.29) is 11.9 Å². The molecule has 0 unspecified atom stereocenters. The van der Waals surface area contributed by atoms with Crippen molar-refractivity contribution < 1.29 is 9.53 Å². The van der Waals surface area contributed by atoms with Crippen LogP contribution in [0.15, 0.2) is 17.5 Å². The zero-order chi connectivity index (χ0) is 13.4. The van der Waals surface area contributed by atoms with E-state index < -0.39 is 0 Å². The topological polar surface area (TPSA) is 41.6 Å². The first-order valence-corrected chi connectivity index (χ1v) is 7.06. The average molecular weight is 270 g/mol. The fourth-order valence-corrected chi connectivity index (χ4v) is 2.46. The zero-order valence-electron chi connectivity index (χ0n) is 11.3. The van der Waals surface area contributed by atoms with Crippen molar-refractivity contribution in [2.24, 2.45) is 0 Å². The van der Waals surface area contributed by atoms with Gasteiger partial charge < -0.3 is 10.1 Å². The first-order chi connectivity index (χ1) is 8.65. The fraction of sp³-hybridized carbons (Fsp3) is 0.615. The van der Waals surface area contributed by atoms with Gasteiger partial charge in [-0.3, -0.25) is 9.69 Å². The van der Waals surface area contributed by atoms with Crippen LogP contribution in [0.2, 0.25) is 0 Å². The largest absolute Gasteiger partial charge is 0.383 e. The highest BCUT2D eigenvalue weighted by Crippen LogP contribution is 2.11. The molecule has 5 heteroatoms. The number of rotatable bonds is 8. The standard InChI is InChI=1S/C13H22N2O2S/c1-4-15(8-12-6-5-7-18-12)9-13(16)14-11(2)10-17-3/h5-7,11H,4,8-10H2,1-3H3,(H,14,16)/t11-/m0/s1. The SMILES string of the molecule is CCN(CC(=O)N[C@@H](C)COC)Cc1cccs1. The minimum absolute atomic E-state index is 0.0537. The minimum atomic E-state index is 0.0537. The summed E-state index contributed by atoms with van der Waals surface area (Å²) in [5, 5.41) is 4.98. The van der Waals surface area contributed by atoms with Crippen molar-refractivity contribution in [3.05, 3.63) is 22.4 Å². The van der Waals surface area contributed by atoms with E-state index in [4.69, 9.17) is 4.74 Å². The molecule has 0 saturated heterocycles. The molecule has 1 N–H and O–H groups in total. The van der Waals surface area contributed by atoms with E-state index >= 15 is 0 Å². The Hall–Kier alpha value is -0.910. The van der Waals surface area contributed by atoms with Crippen LogP contribution in [-0.4, -0.2) is 43.7 Å². The molecule has 102 valence electrons. The van der Waals surface area contributed by atoms with Gasteiger partial charge >= 0.3 is 0 Å². The van der Waals surface area contributed by atoms with Crippen molar-refractivity contribution in [2.75, 3.05) is 26.8 Å². The van der Waals surface area contributed by atoms with E-state index in [0.717, 1.165) is 13.1 Å². The van der Waals surface area contributed by atoms with Crippen LogP contribution in [-0.2, 0) is 16.1 Å². The molecular weight excluding hydrogens is 248 g/mol. The van der Waals surface area contributed by atoms with Gasteiger partial charge in [0, 0.05) is 24.6 Å². The van der Waals surface area contributed by atoms with Crippen molar-refractivity contribution in [1.82, 2.24) is 10.2 Å². The van der Waals surface area contributed by atoms with E-state index in [1.54, 1.807) is 18.4 Å². The van der Waals surface area contributed by atoms with Crippen molar-refractivity contribution in [3.8, 4) is 0 Å². The van der Waals surface area contributed by atoms with Gasteiger partial charge in [-0.25, -0.2) is 0 Å². The molecule has 1 atom stereocenters. The number of nitrogens with zero attached hydrogens (tertiary/aromatic N) is 1. The van der Waals surface area contributed by atoms with Crippen molar-refractivity contribution >= 4 is 17.2 Å². The minimum Gasteiger partial charge on any atom is -0.383 e. The number of carbonyl (C=O) groups is 1. The molecule has 0 radical (unpaired) electrons. The zero-order valence-corrected chi connectivity index (χ0v) is 12.1. The fourth-order valence-electron chi connectivity index (χ4n) is 1.72. The van der Waals surface area contributed by atoms with Gasteiger partial charge in [0.05, 0.1) is 13.2 Å². The Balaban J connectivity index is 2.35. The van der Waals surface area contributed by atoms with Crippen LogP contribution in [0.4, 0.5) is 0 Å². The normalized spacial score (nSPS) is 12.7. The molecule has 0 aliphatic heterocycles. The molecule has 0 bridgehead atoms. The maximum Gasteiger partial charge on any atom is 0.234 e. The van der Waals surface area contributed by atoms with E-state index in [2.05, 4.69) is 28.6 Å². The number of likely N-dealkylation sites (N-methyl/N-ethyl adjacent to an activating group) is 1. The number of thiophene rings is 1. The monoisotopic (exact) mass is 270 g/mol. The van der Waals surface area contributed by atoms with Crippen LogP contribution in [0.5, 0.6) is 0 Å². The summed E-state index contributed by atoms with van der Waals surface area (Å²) < 4.78 is 4.99. The predicted octanol–water partition coefficient (Wildman–Crippen LogP) is 1.72. The summed E-state index contributed by atoms with van der Waals surface area (Å²) in [6, 6.07) is 4.19. The Morgan fingerprint density at radius 2 is 2.39 bits per heavy atom. The van der Waals surface area contributed by atoms with Crippen molar-refractivity contribution in [2.45, 2.75) is 26.4 Å². The molecular formula is C13H22N2O2S. The first-order valence-electron chi connectivity index (χ1n) is 6.18. The molecule has 0 aliphatic rings. The van der Waals surface area contributed by atoms with Gasteiger partial charge in [-0.15, -0.1) is 11.3 Å². The number of amides is 1. The number of ether oxygens (including phenoxy) is 1. The van der Waals surface area contributed by atoms with E-state index in [1.807, 2.05) is 13.0 Å². The van der Waals surface area contributed by atoms with Gasteiger partial charge in [-0.05, 0) is 24.9 Å². The molecule has 1 rings (SSSR count). The average Bonchev–Trinajstić information content (AvgIpc) is 2.81. The molecule has 1 aromatic rings. The second-order valence-electron chi connectivity index (χ2n) is 4.31. The Bertz CT molecular complexity index is 341. The lowest BCUT2D eigenvalue weighted by Crippen LogP contribution is -2.42. The smallest absolute Gasteiger partial charge is 0.234 e. The lowest BCUT2D eigenvalue weighted by atomic mass is 10.3. The summed E-state index contributed by atoms with van der Waals surface area (Å²) in [6.45, 7) is 6.69. The summed E-state index contributed by atoms with van der Waals surface area (Å²) in [7, 11) is 1.64. The maximum absolute atomic E-state index is 11.8. The van der Waals surface area contributed by atoms with Gasteiger partial charge in [0.25, 0.3) is 0 Å². The second kappa shape index (κ2) is 8.24. The molecule has 0 aromatic carbocycles. The van der Waals surface area contributed by atoms with E-state index in [1.165, 1.54) is 4.88 Å². The summed E-state index contributed by atoms with van der Waals surface area (Å²) >= 11 is 1.72. The number of nitrogens with one attached hydrogen (secondary N) is 1. The third-order valence-electron chi connectivity index (χ3n) is 2.60. The predicted molar refractivity (Wildman–Crippen MR) is 74.8 cm³/mol. The van der Waals surface area contributed by atoms with Gasteiger partial charge in [-0.1, -0.05) is 13.0 Å². The second-order valence-corrected chi connectivity index (χ2v) is 5.34. The summed E-state index contributed by atoms with van der Waals surface area (Å²) in [4.78, 5) is 15.2. The van der Waals surface area contributed by atoms with Gasteiger partial charge in [0.1, 0.15) is 0 Å². The van der Waals surface area contributed by atoms with Crippen LogP contribution in [0.25, 0.3) is 0 Å². The first kappa shape index (κ1) is 15.1. The molecule has 0 fully saturated rings. The third-order valence-corrected chi connectivity index (χ3v) is 3.46. The summed E-state index contributed by atoms with van der Waals surface area (Å²) in [6.07, 6.45) is 0. The number of methoxy groups -OCH3 is 1. The lowest BCUT2D eigenvalue weighted by molar-refractivity contribution is -0.123.